The summed E-state index contributed by atoms with van der Waals surface area (Å²) < 4.78 is 23.1. The first-order valence-corrected chi connectivity index (χ1v) is 24.3. The second kappa shape index (κ2) is 23.1. The van der Waals surface area contributed by atoms with Crippen molar-refractivity contribution in [1.82, 2.24) is 0 Å². The number of epoxide rings is 1. The van der Waals surface area contributed by atoms with Crippen LogP contribution in [0.4, 0.5) is 0 Å². The van der Waals surface area contributed by atoms with E-state index in [1.807, 2.05) is 129 Å². The van der Waals surface area contributed by atoms with E-state index >= 15 is 0 Å². The molecular weight excluding hydrogens is 897 g/mol. The van der Waals surface area contributed by atoms with Crippen LogP contribution in [0.1, 0.15) is 132 Å². The Morgan fingerprint density at radius 1 is 0.676 bits per heavy atom. The largest absolute Gasteiger partial charge is 0.508 e. The quantitative estimate of drug-likeness (QED) is 0.0247. The van der Waals surface area contributed by atoms with Crippen LogP contribution in [0.5, 0.6) is 17.2 Å². The Morgan fingerprint density at radius 2 is 1.24 bits per heavy atom. The third kappa shape index (κ3) is 15.5. The Kier molecular flexibility index (Phi) is 18.1. The van der Waals surface area contributed by atoms with Gasteiger partial charge in [-0.2, -0.15) is 0 Å². The standard InChI is InChI=1S/C60H72O11/c1-40(18-14-19-42(3)22-29-53-56(6,7)35-50(68-44(5)61)37-58(53,10)67)16-12-13-17-41(2)20-15-21-43(4)52(64)39-60-57(8,9)36-51(38-59(60,11)71-60)70-55(66)31-30-54(65)69-49-27-25-45(26-28-49)23-24-46-32-47(62)34-48(63)33-46/h12-28,32-34,50-51,62-63,67H,30-31,35-39H2,1-11H3/t29?,50?,51?,58-,59?,60?/m0/s1. The molecule has 4 unspecified atom stereocenters. The first kappa shape index (κ1) is 55.4. The van der Waals surface area contributed by atoms with Crippen molar-refractivity contribution in [3.05, 3.63) is 154 Å². The maximum absolute atomic E-state index is 13.6. The Labute approximate surface area is 420 Å². The van der Waals surface area contributed by atoms with Gasteiger partial charge in [-0.05, 0) is 112 Å². The van der Waals surface area contributed by atoms with Crippen LogP contribution >= 0.6 is 0 Å². The highest BCUT2D eigenvalue weighted by molar-refractivity contribution is 5.96. The second-order valence-corrected chi connectivity index (χ2v) is 21.0. The maximum atomic E-state index is 13.6. The molecule has 0 spiro atoms. The van der Waals surface area contributed by atoms with E-state index in [0.29, 0.717) is 42.6 Å². The Balaban J connectivity index is 1.05. The SMILES string of the molecule is CC(=O)OC1CC(C)(C)C(=C=CC(C)=CC=CC(C)=CC=CC=C(C)C=CC=C(C)C(=O)CC23OC2(C)CC(OC(=O)CCC(=O)Oc2ccc(C=Cc4cc(O)cc(O)c4)cc2)CC3(C)C)[C@@](C)(O)C1. The normalized spacial score (nSPS) is 25.5. The Morgan fingerprint density at radius 3 is 1.83 bits per heavy atom. The number of phenolic OH excluding ortho intramolecular Hbond substituents is 2. The van der Waals surface area contributed by atoms with Gasteiger partial charge >= 0.3 is 17.9 Å². The molecule has 11 heteroatoms. The summed E-state index contributed by atoms with van der Waals surface area (Å²) in [5.74, 6) is -1.17. The van der Waals surface area contributed by atoms with E-state index < -0.39 is 40.3 Å². The molecule has 2 aromatic carbocycles. The van der Waals surface area contributed by atoms with Crippen LogP contribution in [-0.2, 0) is 33.4 Å². The number of phenols is 2. The molecule has 5 rings (SSSR count). The van der Waals surface area contributed by atoms with Gasteiger partial charge < -0.3 is 34.3 Å². The molecule has 1 heterocycles. The lowest BCUT2D eigenvalue weighted by atomic mass is 9.61. The fourth-order valence-electron chi connectivity index (χ4n) is 9.99. The number of hydrogen-bond donors (Lipinski definition) is 3. The van der Waals surface area contributed by atoms with Crippen LogP contribution in [0.15, 0.2) is 143 Å². The number of aliphatic hydroxyl groups is 1. The van der Waals surface area contributed by atoms with Gasteiger partial charge in [0.25, 0.3) is 0 Å². The van der Waals surface area contributed by atoms with Gasteiger partial charge in [-0.25, -0.2) is 0 Å². The first-order valence-electron chi connectivity index (χ1n) is 24.3. The van der Waals surface area contributed by atoms with E-state index in [1.54, 1.807) is 43.3 Å². The molecule has 0 bridgehead atoms. The topological polar surface area (TPSA) is 169 Å². The van der Waals surface area contributed by atoms with Crippen molar-refractivity contribution in [2.75, 3.05) is 0 Å². The van der Waals surface area contributed by atoms with Crippen LogP contribution in [0, 0.1) is 10.8 Å². The minimum Gasteiger partial charge on any atom is -0.508 e. The van der Waals surface area contributed by atoms with Crippen molar-refractivity contribution in [2.24, 2.45) is 10.8 Å². The van der Waals surface area contributed by atoms with Crippen LogP contribution in [0.2, 0.25) is 0 Å². The first-order chi connectivity index (χ1) is 33.2. The van der Waals surface area contributed by atoms with E-state index in [9.17, 15) is 34.5 Å². The van der Waals surface area contributed by atoms with Crippen LogP contribution in [-0.4, -0.2) is 68.0 Å². The molecule has 0 amide bonds. The zero-order valence-electron chi connectivity index (χ0n) is 43.3. The zero-order chi connectivity index (χ0) is 52.4. The minimum absolute atomic E-state index is 0.00808. The third-order valence-electron chi connectivity index (χ3n) is 13.5. The molecule has 378 valence electrons. The minimum atomic E-state index is -1.13. The number of fused-ring (bicyclic) bond motifs is 1. The number of rotatable bonds is 18. The predicted octanol–water partition coefficient (Wildman–Crippen LogP) is 12.2. The van der Waals surface area contributed by atoms with E-state index in [2.05, 4.69) is 5.73 Å². The number of hydrogen-bond acceptors (Lipinski definition) is 11. The fraction of sp³-hybridized carbons (Fsp3) is 0.417. The number of ether oxygens (including phenoxy) is 4. The van der Waals surface area contributed by atoms with Gasteiger partial charge in [0.05, 0.1) is 24.0 Å². The number of carbonyl (C=O) groups is 4. The van der Waals surface area contributed by atoms with Gasteiger partial charge in [0, 0.05) is 43.2 Å². The summed E-state index contributed by atoms with van der Waals surface area (Å²) in [5, 5.41) is 30.6. The molecule has 0 radical (unpaired) electrons. The van der Waals surface area contributed by atoms with E-state index in [1.165, 1.54) is 25.1 Å². The average Bonchev–Trinajstić information content (AvgIpc) is 3.87. The number of allylic oxidation sites excluding steroid dienone is 14. The van der Waals surface area contributed by atoms with Crippen molar-refractivity contribution in [1.29, 1.82) is 0 Å². The van der Waals surface area contributed by atoms with Gasteiger partial charge in [0.1, 0.15) is 35.1 Å². The number of carbonyl (C=O) groups excluding carboxylic acids is 4. The molecule has 0 aromatic heterocycles. The van der Waals surface area contributed by atoms with Crippen LogP contribution < -0.4 is 4.74 Å². The van der Waals surface area contributed by atoms with E-state index in [-0.39, 0.29) is 54.0 Å². The summed E-state index contributed by atoms with van der Waals surface area (Å²) in [6.07, 6.45) is 26.0. The number of ketones is 1. The predicted molar refractivity (Wildman–Crippen MR) is 278 cm³/mol. The molecule has 1 aliphatic heterocycles. The van der Waals surface area contributed by atoms with Crippen LogP contribution in [0.25, 0.3) is 12.2 Å². The molecule has 3 aliphatic rings. The lowest BCUT2D eigenvalue weighted by Gasteiger charge is -2.44. The number of Topliss-reactive ketones (excluding diaryl/α,β-unsaturated/α-hetero) is 1. The van der Waals surface area contributed by atoms with Gasteiger partial charge in [-0.15, -0.1) is 5.73 Å². The molecule has 5 atom stereocenters. The highest BCUT2D eigenvalue weighted by Gasteiger charge is 2.76. The summed E-state index contributed by atoms with van der Waals surface area (Å²) in [5.41, 5.74) is 5.91. The van der Waals surface area contributed by atoms with Gasteiger partial charge in [0.2, 0.25) is 0 Å². The molecule has 71 heavy (non-hydrogen) atoms. The molecule has 2 aliphatic carbocycles. The number of esters is 3. The van der Waals surface area contributed by atoms with Crippen molar-refractivity contribution in [2.45, 2.75) is 150 Å². The fourth-order valence-corrected chi connectivity index (χ4v) is 9.99. The summed E-state index contributed by atoms with van der Waals surface area (Å²) >= 11 is 0. The molecule has 2 aromatic rings. The summed E-state index contributed by atoms with van der Waals surface area (Å²) in [4.78, 5) is 50.6. The van der Waals surface area contributed by atoms with Crippen molar-refractivity contribution >= 4 is 35.8 Å². The lowest BCUT2D eigenvalue weighted by molar-refractivity contribution is -0.155. The lowest BCUT2D eigenvalue weighted by Crippen LogP contribution is -2.49. The summed E-state index contributed by atoms with van der Waals surface area (Å²) in [6.45, 7) is 21.1. The van der Waals surface area contributed by atoms with Gasteiger partial charge in [0.15, 0.2) is 5.78 Å². The van der Waals surface area contributed by atoms with Crippen molar-refractivity contribution in [3.63, 3.8) is 0 Å². The maximum Gasteiger partial charge on any atom is 0.311 e. The van der Waals surface area contributed by atoms with Crippen LogP contribution in [0.3, 0.4) is 0 Å². The Bertz CT molecular complexity index is 2610. The highest BCUT2D eigenvalue weighted by atomic mass is 16.6. The number of aromatic hydroxyl groups is 2. The number of benzene rings is 2. The van der Waals surface area contributed by atoms with E-state index in [0.717, 1.165) is 27.9 Å². The summed E-state index contributed by atoms with van der Waals surface area (Å²) in [7, 11) is 0. The average molecular weight is 969 g/mol. The zero-order valence-corrected chi connectivity index (χ0v) is 43.3. The van der Waals surface area contributed by atoms with Gasteiger partial charge in [-0.1, -0.05) is 124 Å². The molecular formula is C60H72O11. The summed E-state index contributed by atoms with van der Waals surface area (Å²) in [6, 6.07) is 11.1. The molecule has 3 N–H and O–H groups in total. The van der Waals surface area contributed by atoms with E-state index in [4.69, 9.17) is 18.9 Å². The molecule has 11 nitrogen and oxygen atoms in total. The molecule has 3 fully saturated rings. The second-order valence-electron chi connectivity index (χ2n) is 21.0. The molecule has 1 saturated heterocycles. The van der Waals surface area contributed by atoms with Crippen molar-refractivity contribution < 1.29 is 53.4 Å². The highest BCUT2D eigenvalue weighted by Crippen LogP contribution is 2.67. The molecule has 2 saturated carbocycles. The monoisotopic (exact) mass is 969 g/mol. The smallest absolute Gasteiger partial charge is 0.311 e. The third-order valence-corrected chi connectivity index (χ3v) is 13.5. The van der Waals surface area contributed by atoms with Crippen molar-refractivity contribution in [3.8, 4) is 17.2 Å². The van der Waals surface area contributed by atoms with Gasteiger partial charge in [-0.3, -0.25) is 19.2 Å². The Hall–Kier alpha value is -6.52.